The van der Waals surface area contributed by atoms with Crippen molar-refractivity contribution in [1.82, 2.24) is 4.98 Å². The number of benzene rings is 2. The second kappa shape index (κ2) is 7.70. The van der Waals surface area contributed by atoms with Crippen molar-refractivity contribution in [1.29, 1.82) is 5.26 Å². The number of para-hydroxylation sites is 2. The minimum atomic E-state index is -3.08. The lowest BCUT2D eigenvalue weighted by atomic mass is 10.0. The molecule has 0 saturated carbocycles. The average molecular weight is 368 g/mol. The largest absolute Gasteiger partial charge is 0.493 e. The van der Waals surface area contributed by atoms with Crippen LogP contribution in [0.1, 0.15) is 15.9 Å². The molecule has 0 saturated heterocycles. The minimum absolute atomic E-state index is 0.0703. The number of ether oxygens (including phenoxy) is 2. The van der Waals surface area contributed by atoms with Gasteiger partial charge < -0.3 is 14.5 Å². The lowest BCUT2D eigenvalue weighted by molar-refractivity contribution is -0.0513. The third-order valence-corrected chi connectivity index (χ3v) is 3.94. The Balaban J connectivity index is 2.07. The topological polar surface area (TPSA) is 75.1 Å². The smallest absolute Gasteiger partial charge is 0.387 e. The van der Waals surface area contributed by atoms with Gasteiger partial charge in [0.1, 0.15) is 11.6 Å². The van der Waals surface area contributed by atoms with Crippen molar-refractivity contribution in [3.63, 3.8) is 0 Å². The van der Waals surface area contributed by atoms with Crippen LogP contribution in [0.4, 0.5) is 8.78 Å². The van der Waals surface area contributed by atoms with E-state index in [-0.39, 0.29) is 22.6 Å². The monoisotopic (exact) mass is 368 g/mol. The fourth-order valence-electron chi connectivity index (χ4n) is 2.73. The summed E-state index contributed by atoms with van der Waals surface area (Å²) in [6.45, 7) is -3.08. The minimum Gasteiger partial charge on any atom is -0.493 e. The maximum atomic E-state index is 12.8. The number of ketones is 1. The predicted octanol–water partition coefficient (Wildman–Crippen LogP) is 4.57. The number of aromatic nitrogens is 1. The Bertz CT molecular complexity index is 1060. The summed E-state index contributed by atoms with van der Waals surface area (Å²) >= 11 is 0. The van der Waals surface area contributed by atoms with E-state index in [1.54, 1.807) is 24.3 Å². The van der Waals surface area contributed by atoms with E-state index in [1.807, 2.05) is 12.1 Å². The number of carbonyl (C=O) groups is 1. The van der Waals surface area contributed by atoms with Crippen LogP contribution < -0.4 is 9.47 Å². The first-order valence-electron chi connectivity index (χ1n) is 7.89. The molecular weight excluding hydrogens is 354 g/mol. The number of Topliss-reactive ketones (excluding diaryl/α,β-unsaturated/α-hetero) is 1. The number of methoxy groups -OCH3 is 1. The maximum absolute atomic E-state index is 12.8. The summed E-state index contributed by atoms with van der Waals surface area (Å²) in [6, 6.07) is 13.4. The molecular formula is C20H14F2N2O3. The van der Waals surface area contributed by atoms with Crippen molar-refractivity contribution in [3.8, 4) is 17.6 Å². The highest BCUT2D eigenvalue weighted by atomic mass is 19.3. The molecule has 1 aromatic heterocycles. The SMILES string of the molecule is COc1cccc(/C=C(/C#N)C(=O)c2c[nH]c3ccccc23)c1OC(F)F. The number of rotatable bonds is 6. The standard InChI is InChI=1S/C20H14F2N2O3/c1-26-17-8-4-5-12(19(17)27-20(21)22)9-13(10-23)18(25)15-11-24-16-7-3-2-6-14(15)16/h2-9,11,20,24H,1H3/b13-9-. The fraction of sp³-hybridized carbons (Fsp3) is 0.100. The molecule has 136 valence electrons. The van der Waals surface area contributed by atoms with Crippen molar-refractivity contribution >= 4 is 22.8 Å². The van der Waals surface area contributed by atoms with Gasteiger partial charge in [0, 0.05) is 28.2 Å². The third kappa shape index (κ3) is 3.65. The molecule has 0 radical (unpaired) electrons. The van der Waals surface area contributed by atoms with Gasteiger partial charge in [0.2, 0.25) is 5.78 Å². The number of hydrogen-bond acceptors (Lipinski definition) is 4. The zero-order chi connectivity index (χ0) is 19.4. The summed E-state index contributed by atoms with van der Waals surface area (Å²) in [5.74, 6) is -0.698. The van der Waals surface area contributed by atoms with E-state index in [4.69, 9.17) is 4.74 Å². The molecule has 1 heterocycles. The molecule has 0 fully saturated rings. The molecule has 3 aromatic rings. The summed E-state index contributed by atoms with van der Waals surface area (Å²) in [7, 11) is 1.31. The molecule has 0 atom stereocenters. The van der Waals surface area contributed by atoms with Crippen molar-refractivity contribution in [2.45, 2.75) is 6.61 Å². The average Bonchev–Trinajstić information content (AvgIpc) is 3.10. The highest BCUT2D eigenvalue weighted by molar-refractivity contribution is 6.19. The van der Waals surface area contributed by atoms with Crippen LogP contribution in [0.15, 0.2) is 54.2 Å². The number of allylic oxidation sites excluding steroid dienone is 1. The number of nitriles is 1. The van der Waals surface area contributed by atoms with Gasteiger partial charge in [-0.05, 0) is 18.2 Å². The Hall–Kier alpha value is -3.66. The van der Waals surface area contributed by atoms with Crippen LogP contribution >= 0.6 is 0 Å². The van der Waals surface area contributed by atoms with Gasteiger partial charge in [0.05, 0.1) is 7.11 Å². The highest BCUT2D eigenvalue weighted by Crippen LogP contribution is 2.34. The Labute approximate surface area is 153 Å². The number of nitrogens with zero attached hydrogens (tertiary/aromatic N) is 1. The number of fused-ring (bicyclic) bond motifs is 1. The molecule has 0 unspecified atom stereocenters. The van der Waals surface area contributed by atoms with E-state index >= 15 is 0 Å². The van der Waals surface area contributed by atoms with Crippen molar-refractivity contribution < 1.29 is 23.0 Å². The van der Waals surface area contributed by atoms with Gasteiger partial charge in [-0.1, -0.05) is 30.3 Å². The zero-order valence-electron chi connectivity index (χ0n) is 14.2. The molecule has 0 bridgehead atoms. The summed E-state index contributed by atoms with van der Waals surface area (Å²) in [5, 5.41) is 10.1. The van der Waals surface area contributed by atoms with Gasteiger partial charge in [-0.15, -0.1) is 0 Å². The predicted molar refractivity (Wildman–Crippen MR) is 95.8 cm³/mol. The van der Waals surface area contributed by atoms with E-state index in [9.17, 15) is 18.8 Å². The molecule has 3 rings (SSSR count). The van der Waals surface area contributed by atoms with Crippen molar-refractivity contribution in [2.75, 3.05) is 7.11 Å². The molecule has 0 aliphatic rings. The van der Waals surface area contributed by atoms with Gasteiger partial charge in [-0.3, -0.25) is 4.79 Å². The number of halogens is 2. The maximum Gasteiger partial charge on any atom is 0.387 e. The normalized spacial score (nSPS) is 11.4. The number of H-pyrrole nitrogens is 1. The quantitative estimate of drug-likeness (QED) is 0.393. The van der Waals surface area contributed by atoms with E-state index in [0.717, 1.165) is 5.52 Å². The first kappa shape index (κ1) is 18.1. The Morgan fingerprint density at radius 2 is 2.00 bits per heavy atom. The molecule has 0 spiro atoms. The molecule has 2 aromatic carbocycles. The van der Waals surface area contributed by atoms with Gasteiger partial charge in [0.25, 0.3) is 0 Å². The fourth-order valence-corrected chi connectivity index (χ4v) is 2.73. The first-order valence-corrected chi connectivity index (χ1v) is 7.89. The molecule has 1 N–H and O–H groups in total. The van der Waals surface area contributed by atoms with Crippen LogP contribution in [0.5, 0.6) is 11.5 Å². The lowest BCUT2D eigenvalue weighted by Gasteiger charge is -2.12. The molecule has 5 nitrogen and oxygen atoms in total. The molecule has 0 aliphatic carbocycles. The molecule has 27 heavy (non-hydrogen) atoms. The summed E-state index contributed by atoms with van der Waals surface area (Å²) < 4.78 is 35.1. The van der Waals surface area contributed by atoms with E-state index in [1.165, 1.54) is 31.5 Å². The summed E-state index contributed by atoms with van der Waals surface area (Å²) in [6.07, 6.45) is 2.73. The van der Waals surface area contributed by atoms with Crippen LogP contribution in [0, 0.1) is 11.3 Å². The highest BCUT2D eigenvalue weighted by Gasteiger charge is 2.19. The van der Waals surface area contributed by atoms with Crippen molar-refractivity contribution in [2.24, 2.45) is 0 Å². The number of hydrogen-bond donors (Lipinski definition) is 1. The van der Waals surface area contributed by atoms with Crippen LogP contribution in [-0.2, 0) is 0 Å². The number of carbonyl (C=O) groups excluding carboxylic acids is 1. The zero-order valence-corrected chi connectivity index (χ0v) is 14.2. The van der Waals surface area contributed by atoms with Crippen LogP contribution in [0.25, 0.3) is 17.0 Å². The Morgan fingerprint density at radius 3 is 2.70 bits per heavy atom. The van der Waals surface area contributed by atoms with Gasteiger partial charge >= 0.3 is 6.61 Å². The van der Waals surface area contributed by atoms with E-state index in [2.05, 4.69) is 9.72 Å². The Kier molecular flexibility index (Phi) is 5.18. The summed E-state index contributed by atoms with van der Waals surface area (Å²) in [4.78, 5) is 15.8. The number of nitrogens with one attached hydrogen (secondary N) is 1. The molecule has 0 aliphatic heterocycles. The number of alkyl halides is 2. The van der Waals surface area contributed by atoms with Gasteiger partial charge in [0.15, 0.2) is 11.5 Å². The van der Waals surface area contributed by atoms with Crippen molar-refractivity contribution in [3.05, 3.63) is 65.4 Å². The van der Waals surface area contributed by atoms with Crippen LogP contribution in [0.3, 0.4) is 0 Å². The molecule has 7 heteroatoms. The van der Waals surface area contributed by atoms with E-state index < -0.39 is 12.4 Å². The third-order valence-electron chi connectivity index (χ3n) is 3.94. The van der Waals surface area contributed by atoms with Gasteiger partial charge in [-0.2, -0.15) is 14.0 Å². The summed E-state index contributed by atoms with van der Waals surface area (Å²) in [5.41, 5.74) is 0.991. The van der Waals surface area contributed by atoms with E-state index in [0.29, 0.717) is 10.9 Å². The van der Waals surface area contributed by atoms with Gasteiger partial charge in [-0.25, -0.2) is 0 Å². The second-order valence-electron chi connectivity index (χ2n) is 5.50. The number of aromatic amines is 1. The first-order chi connectivity index (χ1) is 13.0. The molecule has 0 amide bonds. The van der Waals surface area contributed by atoms with Crippen LogP contribution in [-0.4, -0.2) is 24.5 Å². The second-order valence-corrected chi connectivity index (χ2v) is 5.50. The Morgan fingerprint density at radius 1 is 1.22 bits per heavy atom. The van der Waals surface area contributed by atoms with Crippen LogP contribution in [0.2, 0.25) is 0 Å². The lowest BCUT2D eigenvalue weighted by Crippen LogP contribution is -2.06.